The standard InChI is InChI=1S/C12H22N6/c1-12(2,3)15-11(13-4)14-8-10-17-16-9-6-5-7-18(9)10/h5-8H2,1-4H3,(H2,13,14,15). The van der Waals surface area contributed by atoms with E-state index in [-0.39, 0.29) is 5.54 Å². The van der Waals surface area contributed by atoms with E-state index in [2.05, 4.69) is 51.2 Å². The summed E-state index contributed by atoms with van der Waals surface area (Å²) in [5.41, 5.74) is -0.00532. The molecule has 1 aliphatic heterocycles. The Kier molecular flexibility index (Phi) is 3.54. The number of hydrogen-bond donors (Lipinski definition) is 2. The molecule has 0 bridgehead atoms. The third-order valence-electron chi connectivity index (χ3n) is 2.82. The lowest BCUT2D eigenvalue weighted by Gasteiger charge is -2.23. The maximum absolute atomic E-state index is 4.21. The predicted molar refractivity (Wildman–Crippen MR) is 71.4 cm³/mol. The lowest BCUT2D eigenvalue weighted by molar-refractivity contribution is 0.500. The van der Waals surface area contributed by atoms with Crippen LogP contribution in [0.15, 0.2) is 4.99 Å². The zero-order chi connectivity index (χ0) is 13.2. The summed E-state index contributed by atoms with van der Waals surface area (Å²) in [7, 11) is 1.77. The molecule has 18 heavy (non-hydrogen) atoms. The monoisotopic (exact) mass is 250 g/mol. The number of nitrogens with zero attached hydrogens (tertiary/aromatic N) is 4. The van der Waals surface area contributed by atoms with E-state index in [1.165, 1.54) is 6.42 Å². The van der Waals surface area contributed by atoms with Crippen molar-refractivity contribution in [1.82, 2.24) is 25.4 Å². The van der Waals surface area contributed by atoms with Crippen LogP contribution in [0.4, 0.5) is 0 Å². The fourth-order valence-corrected chi connectivity index (χ4v) is 2.04. The fraction of sp³-hybridized carbons (Fsp3) is 0.750. The second-order valence-electron chi connectivity index (χ2n) is 5.59. The quantitative estimate of drug-likeness (QED) is 0.598. The normalized spacial score (nSPS) is 15.7. The number of guanidine groups is 1. The van der Waals surface area contributed by atoms with Crippen LogP contribution in [-0.4, -0.2) is 33.3 Å². The van der Waals surface area contributed by atoms with Gasteiger partial charge in [-0.25, -0.2) is 0 Å². The van der Waals surface area contributed by atoms with Gasteiger partial charge in [-0.3, -0.25) is 4.99 Å². The summed E-state index contributed by atoms with van der Waals surface area (Å²) in [5.74, 6) is 2.88. The van der Waals surface area contributed by atoms with Crippen LogP contribution >= 0.6 is 0 Å². The second-order valence-corrected chi connectivity index (χ2v) is 5.59. The minimum Gasteiger partial charge on any atom is -0.352 e. The van der Waals surface area contributed by atoms with Gasteiger partial charge < -0.3 is 15.2 Å². The highest BCUT2D eigenvalue weighted by Crippen LogP contribution is 2.13. The summed E-state index contributed by atoms with van der Waals surface area (Å²) in [4.78, 5) is 4.20. The molecule has 1 aromatic rings. The summed E-state index contributed by atoms with van der Waals surface area (Å²) in [5, 5.41) is 15.0. The fourth-order valence-electron chi connectivity index (χ4n) is 2.04. The van der Waals surface area contributed by atoms with Gasteiger partial charge in [-0.15, -0.1) is 10.2 Å². The van der Waals surface area contributed by atoms with E-state index in [0.29, 0.717) is 6.54 Å². The number of aliphatic imine (C=N–C) groups is 1. The van der Waals surface area contributed by atoms with E-state index in [9.17, 15) is 0 Å². The lowest BCUT2D eigenvalue weighted by Crippen LogP contribution is -2.47. The van der Waals surface area contributed by atoms with Crippen molar-refractivity contribution >= 4 is 5.96 Å². The van der Waals surface area contributed by atoms with E-state index >= 15 is 0 Å². The highest BCUT2D eigenvalue weighted by atomic mass is 15.3. The van der Waals surface area contributed by atoms with Crippen molar-refractivity contribution in [3.63, 3.8) is 0 Å². The van der Waals surface area contributed by atoms with Crippen LogP contribution in [0.2, 0.25) is 0 Å². The molecule has 2 N–H and O–H groups in total. The van der Waals surface area contributed by atoms with Gasteiger partial charge in [0.25, 0.3) is 0 Å². The molecule has 0 atom stereocenters. The summed E-state index contributed by atoms with van der Waals surface area (Å²) in [6, 6.07) is 0. The first-order valence-corrected chi connectivity index (χ1v) is 6.39. The third kappa shape index (κ3) is 3.00. The van der Waals surface area contributed by atoms with Crippen LogP contribution in [0, 0.1) is 0 Å². The highest BCUT2D eigenvalue weighted by Gasteiger charge is 2.18. The van der Waals surface area contributed by atoms with Gasteiger partial charge in [0, 0.05) is 25.6 Å². The van der Waals surface area contributed by atoms with Crippen molar-refractivity contribution in [3.8, 4) is 0 Å². The number of aromatic nitrogens is 3. The Morgan fingerprint density at radius 3 is 2.83 bits per heavy atom. The number of fused-ring (bicyclic) bond motifs is 1. The van der Waals surface area contributed by atoms with Crippen molar-refractivity contribution < 1.29 is 0 Å². The van der Waals surface area contributed by atoms with E-state index in [1.54, 1.807) is 7.05 Å². The molecule has 0 fully saturated rings. The van der Waals surface area contributed by atoms with Crippen molar-refractivity contribution in [2.75, 3.05) is 7.05 Å². The number of rotatable bonds is 2. The zero-order valence-corrected chi connectivity index (χ0v) is 11.6. The Balaban J connectivity index is 1.94. The van der Waals surface area contributed by atoms with Gasteiger partial charge in [0.2, 0.25) is 0 Å². The maximum Gasteiger partial charge on any atom is 0.191 e. The van der Waals surface area contributed by atoms with Crippen LogP contribution in [0.25, 0.3) is 0 Å². The summed E-state index contributed by atoms with van der Waals surface area (Å²) in [6.07, 6.45) is 2.22. The molecule has 6 heteroatoms. The Morgan fingerprint density at radius 2 is 2.17 bits per heavy atom. The molecular weight excluding hydrogens is 228 g/mol. The topological polar surface area (TPSA) is 67.1 Å². The van der Waals surface area contributed by atoms with Crippen molar-refractivity contribution in [1.29, 1.82) is 0 Å². The molecule has 6 nitrogen and oxygen atoms in total. The van der Waals surface area contributed by atoms with Gasteiger partial charge in [0.05, 0.1) is 6.54 Å². The minimum atomic E-state index is -0.00532. The molecule has 0 radical (unpaired) electrons. The predicted octanol–water partition coefficient (Wildman–Crippen LogP) is 0.688. The molecule has 1 aliphatic rings. The van der Waals surface area contributed by atoms with E-state index in [4.69, 9.17) is 0 Å². The van der Waals surface area contributed by atoms with Crippen LogP contribution < -0.4 is 10.6 Å². The Labute approximate surface area is 108 Å². The van der Waals surface area contributed by atoms with Crippen LogP contribution in [0.1, 0.15) is 38.8 Å². The molecule has 0 spiro atoms. The highest BCUT2D eigenvalue weighted by molar-refractivity contribution is 5.80. The SMILES string of the molecule is CN=C(NCc1nnc2n1CCC2)NC(C)(C)C. The third-order valence-corrected chi connectivity index (χ3v) is 2.82. The van der Waals surface area contributed by atoms with Gasteiger partial charge in [0.15, 0.2) is 11.8 Å². The molecule has 0 amide bonds. The van der Waals surface area contributed by atoms with Crippen molar-refractivity contribution in [3.05, 3.63) is 11.6 Å². The molecule has 0 saturated carbocycles. The average molecular weight is 250 g/mol. The first-order chi connectivity index (χ1) is 8.49. The van der Waals surface area contributed by atoms with Gasteiger partial charge in [0.1, 0.15) is 5.82 Å². The second kappa shape index (κ2) is 4.96. The van der Waals surface area contributed by atoms with Crippen LogP contribution in [0.5, 0.6) is 0 Å². The number of nitrogens with one attached hydrogen (secondary N) is 2. The van der Waals surface area contributed by atoms with E-state index in [0.717, 1.165) is 30.6 Å². The summed E-state index contributed by atoms with van der Waals surface area (Å²) in [6.45, 7) is 8.01. The number of hydrogen-bond acceptors (Lipinski definition) is 3. The first-order valence-electron chi connectivity index (χ1n) is 6.39. The average Bonchev–Trinajstić information content (AvgIpc) is 2.85. The zero-order valence-electron chi connectivity index (χ0n) is 11.6. The van der Waals surface area contributed by atoms with Crippen LogP contribution in [-0.2, 0) is 19.5 Å². The largest absolute Gasteiger partial charge is 0.352 e. The molecule has 0 saturated heterocycles. The van der Waals surface area contributed by atoms with E-state index in [1.807, 2.05) is 0 Å². The maximum atomic E-state index is 4.21. The Bertz CT molecular complexity index is 440. The minimum absolute atomic E-state index is 0.00532. The molecule has 2 rings (SSSR count). The molecule has 0 aromatic carbocycles. The molecule has 1 aromatic heterocycles. The Hall–Kier alpha value is -1.59. The summed E-state index contributed by atoms with van der Waals surface area (Å²) >= 11 is 0. The Morgan fingerprint density at radius 1 is 1.39 bits per heavy atom. The molecule has 100 valence electrons. The van der Waals surface area contributed by atoms with Gasteiger partial charge >= 0.3 is 0 Å². The smallest absolute Gasteiger partial charge is 0.191 e. The molecule has 2 heterocycles. The van der Waals surface area contributed by atoms with Crippen molar-refractivity contribution in [2.24, 2.45) is 4.99 Å². The number of aryl methyl sites for hydroxylation is 1. The van der Waals surface area contributed by atoms with Gasteiger partial charge in [-0.1, -0.05) is 0 Å². The lowest BCUT2D eigenvalue weighted by atomic mass is 10.1. The van der Waals surface area contributed by atoms with Crippen molar-refractivity contribution in [2.45, 2.75) is 52.2 Å². The first kappa shape index (κ1) is 12.9. The van der Waals surface area contributed by atoms with Gasteiger partial charge in [-0.2, -0.15) is 0 Å². The molecular formula is C12H22N6. The van der Waals surface area contributed by atoms with Crippen LogP contribution in [0.3, 0.4) is 0 Å². The van der Waals surface area contributed by atoms with Gasteiger partial charge in [-0.05, 0) is 27.2 Å². The molecule has 0 aliphatic carbocycles. The molecule has 0 unspecified atom stereocenters. The van der Waals surface area contributed by atoms with E-state index < -0.39 is 0 Å². The summed E-state index contributed by atoms with van der Waals surface area (Å²) < 4.78 is 2.19.